The highest BCUT2D eigenvalue weighted by molar-refractivity contribution is 9.10. The molecule has 2 aromatic rings. The molecule has 0 bridgehead atoms. The molecule has 2 amide bonds. The molecule has 0 unspecified atom stereocenters. The van der Waals surface area contributed by atoms with E-state index in [-0.39, 0.29) is 0 Å². The van der Waals surface area contributed by atoms with Gasteiger partial charge in [0.25, 0.3) is 0 Å². The van der Waals surface area contributed by atoms with Crippen LogP contribution in [0.25, 0.3) is 0 Å². The average molecular weight is 360 g/mol. The van der Waals surface area contributed by atoms with E-state index in [0.717, 1.165) is 15.6 Å². The van der Waals surface area contributed by atoms with Crippen LogP contribution in [0.5, 0.6) is 0 Å². The van der Waals surface area contributed by atoms with Gasteiger partial charge in [-0.15, -0.1) is 0 Å². The number of hydrazone groups is 1. The first-order valence-electron chi connectivity index (χ1n) is 6.51. The molecule has 5 nitrogen and oxygen atoms in total. The summed E-state index contributed by atoms with van der Waals surface area (Å²) < 4.78 is 0.950. The number of hydrogen-bond donors (Lipinski definition) is 2. The molecule has 0 saturated heterocycles. The Morgan fingerprint density at radius 1 is 1.09 bits per heavy atom. The minimum Gasteiger partial charge on any atom is -0.318 e. The maximum absolute atomic E-state index is 11.7. The van der Waals surface area contributed by atoms with Crippen LogP contribution in [0.3, 0.4) is 0 Å². The van der Waals surface area contributed by atoms with E-state index in [0.29, 0.717) is 5.69 Å². The summed E-state index contributed by atoms with van der Waals surface area (Å²) in [6, 6.07) is 14.5. The zero-order chi connectivity index (χ0) is 15.9. The molecule has 0 radical (unpaired) electrons. The Hall–Kier alpha value is -2.47. The number of halogens is 1. The zero-order valence-corrected chi connectivity index (χ0v) is 13.4. The minimum atomic E-state index is -0.824. The first-order chi connectivity index (χ1) is 10.5. The van der Waals surface area contributed by atoms with Crippen LogP contribution < -0.4 is 10.7 Å². The number of anilines is 1. The number of aryl methyl sites for hydroxylation is 1. The third-order valence-electron chi connectivity index (χ3n) is 2.73. The smallest absolute Gasteiger partial charge is 0.318 e. The quantitative estimate of drug-likeness (QED) is 0.502. The van der Waals surface area contributed by atoms with Crippen LogP contribution in [-0.2, 0) is 9.59 Å². The fraction of sp³-hybridized carbons (Fsp3) is 0.0625. The molecule has 0 aliphatic carbocycles. The average Bonchev–Trinajstić information content (AvgIpc) is 2.49. The number of carbonyl (C=O) groups excluding carboxylic acids is 2. The Morgan fingerprint density at radius 3 is 2.50 bits per heavy atom. The Morgan fingerprint density at radius 2 is 1.82 bits per heavy atom. The van der Waals surface area contributed by atoms with Crippen molar-refractivity contribution >= 4 is 39.6 Å². The number of nitrogens with one attached hydrogen (secondary N) is 2. The Balaban J connectivity index is 1.89. The highest BCUT2D eigenvalue weighted by Gasteiger charge is 2.12. The lowest BCUT2D eigenvalue weighted by atomic mass is 10.2. The van der Waals surface area contributed by atoms with Crippen molar-refractivity contribution < 1.29 is 9.59 Å². The van der Waals surface area contributed by atoms with Gasteiger partial charge in [-0.05, 0) is 42.3 Å². The molecule has 0 saturated carbocycles. The molecular weight excluding hydrogens is 346 g/mol. The van der Waals surface area contributed by atoms with E-state index in [1.54, 1.807) is 18.2 Å². The molecular formula is C16H14BrN3O2. The van der Waals surface area contributed by atoms with Crippen molar-refractivity contribution in [2.24, 2.45) is 5.10 Å². The SMILES string of the molecule is Cc1cccc(NC(=O)C(=O)N/N=C\c2ccc(Br)cc2)c1. The van der Waals surface area contributed by atoms with Gasteiger partial charge in [0.1, 0.15) is 0 Å². The number of carbonyl (C=O) groups is 2. The first-order valence-corrected chi connectivity index (χ1v) is 7.30. The molecule has 0 aliphatic heterocycles. The predicted octanol–water partition coefficient (Wildman–Crippen LogP) is 2.85. The zero-order valence-electron chi connectivity index (χ0n) is 11.8. The van der Waals surface area contributed by atoms with Gasteiger partial charge < -0.3 is 5.32 Å². The third kappa shape index (κ3) is 4.82. The Kier molecular flexibility index (Phi) is 5.43. The van der Waals surface area contributed by atoms with Crippen molar-refractivity contribution in [2.45, 2.75) is 6.92 Å². The second-order valence-electron chi connectivity index (χ2n) is 4.57. The van der Waals surface area contributed by atoms with Crippen LogP contribution in [-0.4, -0.2) is 18.0 Å². The van der Waals surface area contributed by atoms with E-state index >= 15 is 0 Å². The fourth-order valence-corrected chi connectivity index (χ4v) is 1.94. The summed E-state index contributed by atoms with van der Waals surface area (Å²) >= 11 is 3.33. The molecule has 0 aromatic heterocycles. The maximum atomic E-state index is 11.7. The number of rotatable bonds is 3. The summed E-state index contributed by atoms with van der Waals surface area (Å²) in [5, 5.41) is 6.26. The summed E-state index contributed by atoms with van der Waals surface area (Å²) in [5.74, 6) is -1.59. The first kappa shape index (κ1) is 15.9. The highest BCUT2D eigenvalue weighted by Crippen LogP contribution is 2.09. The van der Waals surface area contributed by atoms with Gasteiger partial charge in [-0.3, -0.25) is 9.59 Å². The molecule has 0 spiro atoms. The fourth-order valence-electron chi connectivity index (χ4n) is 1.68. The lowest BCUT2D eigenvalue weighted by molar-refractivity contribution is -0.136. The van der Waals surface area contributed by atoms with E-state index in [1.165, 1.54) is 6.21 Å². The summed E-state index contributed by atoms with van der Waals surface area (Å²) in [6.45, 7) is 1.90. The summed E-state index contributed by atoms with van der Waals surface area (Å²) in [7, 11) is 0. The Labute approximate surface area is 136 Å². The van der Waals surface area contributed by atoms with Gasteiger partial charge in [0.2, 0.25) is 0 Å². The van der Waals surface area contributed by atoms with E-state index < -0.39 is 11.8 Å². The molecule has 2 rings (SSSR count). The number of nitrogens with zero attached hydrogens (tertiary/aromatic N) is 1. The monoisotopic (exact) mass is 359 g/mol. The molecule has 112 valence electrons. The molecule has 0 atom stereocenters. The van der Waals surface area contributed by atoms with Gasteiger partial charge >= 0.3 is 11.8 Å². The lowest BCUT2D eigenvalue weighted by Crippen LogP contribution is -2.32. The standard InChI is InChI=1S/C16H14BrN3O2/c1-11-3-2-4-14(9-11)19-15(21)16(22)20-18-10-12-5-7-13(17)8-6-12/h2-10H,1H3,(H,19,21)(H,20,22)/b18-10-. The van der Waals surface area contributed by atoms with E-state index in [9.17, 15) is 9.59 Å². The van der Waals surface area contributed by atoms with Gasteiger partial charge in [-0.1, -0.05) is 40.2 Å². The largest absolute Gasteiger partial charge is 0.329 e. The lowest BCUT2D eigenvalue weighted by Gasteiger charge is -2.04. The molecule has 0 heterocycles. The highest BCUT2D eigenvalue weighted by atomic mass is 79.9. The van der Waals surface area contributed by atoms with Crippen molar-refractivity contribution in [3.05, 3.63) is 64.1 Å². The van der Waals surface area contributed by atoms with Crippen molar-refractivity contribution in [3.8, 4) is 0 Å². The minimum absolute atomic E-state index is 0.567. The number of hydrogen-bond acceptors (Lipinski definition) is 3. The van der Waals surface area contributed by atoms with E-state index in [4.69, 9.17) is 0 Å². The molecule has 6 heteroatoms. The molecule has 0 aliphatic rings. The van der Waals surface area contributed by atoms with Gasteiger partial charge in [-0.2, -0.15) is 5.10 Å². The molecule has 22 heavy (non-hydrogen) atoms. The second-order valence-corrected chi connectivity index (χ2v) is 5.49. The molecule has 0 fully saturated rings. The second kappa shape index (κ2) is 7.51. The van der Waals surface area contributed by atoms with E-state index in [1.807, 2.05) is 37.3 Å². The van der Waals surface area contributed by atoms with Gasteiger partial charge in [0.15, 0.2) is 0 Å². The summed E-state index contributed by atoms with van der Waals surface area (Å²) in [5.41, 5.74) is 4.55. The maximum Gasteiger partial charge on any atom is 0.329 e. The van der Waals surface area contributed by atoms with Crippen LogP contribution in [0, 0.1) is 6.92 Å². The van der Waals surface area contributed by atoms with Gasteiger partial charge in [0.05, 0.1) is 6.21 Å². The van der Waals surface area contributed by atoms with Crippen molar-refractivity contribution in [1.29, 1.82) is 0 Å². The molecule has 2 aromatic carbocycles. The number of amides is 2. The normalized spacial score (nSPS) is 10.5. The van der Waals surface area contributed by atoms with Crippen LogP contribution in [0.4, 0.5) is 5.69 Å². The van der Waals surface area contributed by atoms with E-state index in [2.05, 4.69) is 31.8 Å². The van der Waals surface area contributed by atoms with Crippen LogP contribution in [0.15, 0.2) is 58.1 Å². The summed E-state index contributed by atoms with van der Waals surface area (Å²) in [4.78, 5) is 23.3. The van der Waals surface area contributed by atoms with Crippen LogP contribution in [0.2, 0.25) is 0 Å². The topological polar surface area (TPSA) is 70.6 Å². The summed E-state index contributed by atoms with van der Waals surface area (Å²) in [6.07, 6.45) is 1.46. The van der Waals surface area contributed by atoms with Crippen molar-refractivity contribution in [3.63, 3.8) is 0 Å². The van der Waals surface area contributed by atoms with Crippen LogP contribution >= 0.6 is 15.9 Å². The predicted molar refractivity (Wildman–Crippen MR) is 89.7 cm³/mol. The van der Waals surface area contributed by atoms with Crippen molar-refractivity contribution in [2.75, 3.05) is 5.32 Å². The Bertz CT molecular complexity index is 712. The number of benzene rings is 2. The van der Waals surface area contributed by atoms with Crippen molar-refractivity contribution in [1.82, 2.24) is 5.43 Å². The van der Waals surface area contributed by atoms with Crippen LogP contribution in [0.1, 0.15) is 11.1 Å². The van der Waals surface area contributed by atoms with Gasteiger partial charge in [0, 0.05) is 10.2 Å². The van der Waals surface area contributed by atoms with Gasteiger partial charge in [-0.25, -0.2) is 5.43 Å². The third-order valence-corrected chi connectivity index (χ3v) is 3.26. The molecule has 2 N–H and O–H groups in total.